The van der Waals surface area contributed by atoms with E-state index in [1.54, 1.807) is 12.1 Å². The third kappa shape index (κ3) is 4.43. The Balaban J connectivity index is 2.68. The average molecular weight is 348 g/mol. The predicted molar refractivity (Wildman–Crippen MR) is 81.8 cm³/mol. The molecular weight excluding hydrogens is 333 g/mol. The maximum absolute atomic E-state index is 14.0. The molecule has 104 valence electrons. The summed E-state index contributed by atoms with van der Waals surface area (Å²) in [6, 6.07) is 3.18. The van der Waals surface area contributed by atoms with E-state index in [2.05, 4.69) is 26.6 Å². The molecule has 4 nitrogen and oxygen atoms in total. The van der Waals surface area contributed by atoms with Gasteiger partial charge in [-0.15, -0.1) is 0 Å². The molecule has 0 aromatic heterocycles. The summed E-state index contributed by atoms with van der Waals surface area (Å²) in [5.41, 5.74) is 6.22. The summed E-state index contributed by atoms with van der Waals surface area (Å²) in [6.07, 6.45) is 0.280. The topological polar surface area (TPSA) is 67.2 Å². The Morgan fingerprint density at radius 3 is 2.79 bits per heavy atom. The molecule has 0 fully saturated rings. The lowest BCUT2D eigenvalue weighted by Crippen LogP contribution is -2.24. The van der Waals surface area contributed by atoms with Crippen molar-refractivity contribution in [2.24, 2.45) is 5.73 Å². The first-order valence-electron chi connectivity index (χ1n) is 5.75. The average Bonchev–Trinajstić information content (AvgIpc) is 2.34. The standard InChI is InChI=1S/C12H15BrFN3OS/c1-2-16-9(18)5-6-17-8-4-3-7(12(15)19)10(13)11(8)14/h3-4,17H,2,5-6H2,1H3,(H2,15,19)(H,16,18). The van der Waals surface area contributed by atoms with Crippen LogP contribution < -0.4 is 16.4 Å². The van der Waals surface area contributed by atoms with Gasteiger partial charge in [0, 0.05) is 25.1 Å². The summed E-state index contributed by atoms with van der Waals surface area (Å²) in [5, 5.41) is 5.53. The van der Waals surface area contributed by atoms with Gasteiger partial charge in [-0.3, -0.25) is 4.79 Å². The largest absolute Gasteiger partial charge is 0.389 e. The van der Waals surface area contributed by atoms with Gasteiger partial charge in [0.15, 0.2) is 5.82 Å². The minimum Gasteiger partial charge on any atom is -0.389 e. The van der Waals surface area contributed by atoms with Crippen LogP contribution in [-0.2, 0) is 4.79 Å². The second-order valence-corrected chi connectivity index (χ2v) is 5.02. The predicted octanol–water partition coefficient (Wildman–Crippen LogP) is 2.16. The molecule has 7 heteroatoms. The van der Waals surface area contributed by atoms with Gasteiger partial charge in [0.25, 0.3) is 0 Å². The van der Waals surface area contributed by atoms with Gasteiger partial charge in [-0.25, -0.2) is 4.39 Å². The fourth-order valence-electron chi connectivity index (χ4n) is 1.47. The molecule has 1 aromatic rings. The molecule has 0 aliphatic heterocycles. The molecule has 0 heterocycles. The maximum Gasteiger partial charge on any atom is 0.221 e. The summed E-state index contributed by atoms with van der Waals surface area (Å²) in [7, 11) is 0. The molecule has 0 saturated carbocycles. The van der Waals surface area contributed by atoms with Crippen LogP contribution in [0.4, 0.5) is 10.1 Å². The minimum absolute atomic E-state index is 0.0748. The van der Waals surface area contributed by atoms with Crippen LogP contribution in [-0.4, -0.2) is 24.0 Å². The number of hydrogen-bond acceptors (Lipinski definition) is 3. The van der Waals surface area contributed by atoms with E-state index in [0.29, 0.717) is 24.3 Å². The first-order chi connectivity index (χ1) is 8.97. The Labute approximate surface area is 125 Å². The molecule has 0 saturated heterocycles. The van der Waals surface area contributed by atoms with E-state index in [1.807, 2.05) is 6.92 Å². The molecule has 0 bridgehead atoms. The summed E-state index contributed by atoms with van der Waals surface area (Å²) >= 11 is 7.93. The molecule has 0 unspecified atom stereocenters. The number of hydrogen-bond donors (Lipinski definition) is 3. The molecule has 4 N–H and O–H groups in total. The van der Waals surface area contributed by atoms with Gasteiger partial charge in [-0.05, 0) is 35.0 Å². The zero-order valence-electron chi connectivity index (χ0n) is 10.4. The smallest absolute Gasteiger partial charge is 0.221 e. The van der Waals surface area contributed by atoms with Crippen molar-refractivity contribution in [2.45, 2.75) is 13.3 Å². The van der Waals surface area contributed by atoms with Gasteiger partial charge in [0.2, 0.25) is 5.91 Å². The number of carbonyl (C=O) groups is 1. The van der Waals surface area contributed by atoms with Gasteiger partial charge < -0.3 is 16.4 Å². The number of benzene rings is 1. The lowest BCUT2D eigenvalue weighted by molar-refractivity contribution is -0.120. The quantitative estimate of drug-likeness (QED) is 0.690. The van der Waals surface area contributed by atoms with Crippen LogP contribution in [0, 0.1) is 5.82 Å². The van der Waals surface area contributed by atoms with Crippen molar-refractivity contribution in [3.05, 3.63) is 28.0 Å². The number of amides is 1. The van der Waals surface area contributed by atoms with Gasteiger partial charge in [-0.2, -0.15) is 0 Å². The van der Waals surface area contributed by atoms with Crippen molar-refractivity contribution in [3.8, 4) is 0 Å². The summed E-state index contributed by atoms with van der Waals surface area (Å²) in [4.78, 5) is 11.4. The number of nitrogens with two attached hydrogens (primary N) is 1. The Morgan fingerprint density at radius 2 is 2.21 bits per heavy atom. The lowest BCUT2D eigenvalue weighted by atomic mass is 10.2. The van der Waals surface area contributed by atoms with Crippen LogP contribution in [0.1, 0.15) is 18.9 Å². The summed E-state index contributed by atoms with van der Waals surface area (Å²) in [5.74, 6) is -0.546. The lowest BCUT2D eigenvalue weighted by Gasteiger charge is -2.11. The Kier molecular flexibility index (Phi) is 6.17. The normalized spacial score (nSPS) is 10.1. The van der Waals surface area contributed by atoms with E-state index in [0.717, 1.165) is 0 Å². The highest BCUT2D eigenvalue weighted by atomic mass is 79.9. The first kappa shape index (κ1) is 15.8. The zero-order valence-corrected chi connectivity index (χ0v) is 12.8. The van der Waals surface area contributed by atoms with E-state index in [4.69, 9.17) is 18.0 Å². The molecular formula is C12H15BrFN3OS. The van der Waals surface area contributed by atoms with Gasteiger partial charge >= 0.3 is 0 Å². The van der Waals surface area contributed by atoms with Gasteiger partial charge in [-0.1, -0.05) is 12.2 Å². The van der Waals surface area contributed by atoms with E-state index in [1.165, 1.54) is 0 Å². The molecule has 0 aliphatic rings. The van der Waals surface area contributed by atoms with Gasteiger partial charge in [0.05, 0.1) is 10.2 Å². The van der Waals surface area contributed by atoms with Crippen LogP contribution in [0.15, 0.2) is 16.6 Å². The van der Waals surface area contributed by atoms with E-state index >= 15 is 0 Å². The Morgan fingerprint density at radius 1 is 1.53 bits per heavy atom. The molecule has 19 heavy (non-hydrogen) atoms. The van der Waals surface area contributed by atoms with Crippen molar-refractivity contribution < 1.29 is 9.18 Å². The second-order valence-electron chi connectivity index (χ2n) is 3.78. The zero-order chi connectivity index (χ0) is 14.4. The van der Waals surface area contributed by atoms with E-state index in [-0.39, 0.29) is 21.8 Å². The van der Waals surface area contributed by atoms with E-state index in [9.17, 15) is 9.18 Å². The summed E-state index contributed by atoms with van der Waals surface area (Å²) < 4.78 is 14.2. The molecule has 0 aliphatic carbocycles. The fraction of sp³-hybridized carbons (Fsp3) is 0.333. The van der Waals surface area contributed by atoms with Crippen molar-refractivity contribution in [2.75, 3.05) is 18.4 Å². The third-order valence-corrected chi connectivity index (χ3v) is 3.38. The number of nitrogens with one attached hydrogen (secondary N) is 2. The highest BCUT2D eigenvalue weighted by Crippen LogP contribution is 2.27. The highest BCUT2D eigenvalue weighted by molar-refractivity contribution is 9.10. The molecule has 1 amide bonds. The molecule has 1 aromatic carbocycles. The van der Waals surface area contributed by atoms with Crippen molar-refractivity contribution in [3.63, 3.8) is 0 Å². The number of thiocarbonyl (C=S) groups is 1. The SMILES string of the molecule is CCNC(=O)CCNc1ccc(C(N)=S)c(Br)c1F. The molecule has 0 atom stereocenters. The number of carbonyl (C=O) groups excluding carboxylic acids is 1. The number of rotatable bonds is 6. The van der Waals surface area contributed by atoms with E-state index < -0.39 is 5.82 Å². The first-order valence-corrected chi connectivity index (χ1v) is 6.95. The van der Waals surface area contributed by atoms with Crippen LogP contribution in [0.2, 0.25) is 0 Å². The van der Waals surface area contributed by atoms with Gasteiger partial charge in [0.1, 0.15) is 4.99 Å². The van der Waals surface area contributed by atoms with Crippen molar-refractivity contribution in [1.29, 1.82) is 0 Å². The van der Waals surface area contributed by atoms with Crippen molar-refractivity contribution in [1.82, 2.24) is 5.32 Å². The number of anilines is 1. The minimum atomic E-state index is -0.471. The van der Waals surface area contributed by atoms with Crippen LogP contribution in [0.3, 0.4) is 0 Å². The van der Waals surface area contributed by atoms with Crippen molar-refractivity contribution >= 4 is 44.7 Å². The highest BCUT2D eigenvalue weighted by Gasteiger charge is 2.12. The van der Waals surface area contributed by atoms with Crippen LogP contribution in [0.25, 0.3) is 0 Å². The monoisotopic (exact) mass is 347 g/mol. The maximum atomic E-state index is 14.0. The second kappa shape index (κ2) is 7.40. The fourth-order valence-corrected chi connectivity index (χ4v) is 2.33. The molecule has 1 rings (SSSR count). The Bertz CT molecular complexity index is 496. The van der Waals surface area contributed by atoms with Crippen LogP contribution >= 0.6 is 28.1 Å². The molecule has 0 radical (unpaired) electrons. The summed E-state index contributed by atoms with van der Waals surface area (Å²) in [6.45, 7) is 2.78. The molecule has 0 spiro atoms. The number of halogens is 2. The third-order valence-electron chi connectivity index (χ3n) is 2.39. The Hall–Kier alpha value is -1.21. The van der Waals surface area contributed by atoms with Crippen LogP contribution in [0.5, 0.6) is 0 Å².